The van der Waals surface area contributed by atoms with Crippen LogP contribution in [-0.2, 0) is 34.2 Å². The van der Waals surface area contributed by atoms with Gasteiger partial charge in [-0.2, -0.15) is 24.3 Å². The summed E-state index contributed by atoms with van der Waals surface area (Å²) in [5.41, 5.74) is 3.08. The number of aryl methyl sites for hydroxylation is 2. The quantitative estimate of drug-likeness (QED) is 0.212. The fourth-order valence-electron chi connectivity index (χ4n) is 2.98. The summed E-state index contributed by atoms with van der Waals surface area (Å²) in [6.07, 6.45) is 16.7. The Hall–Kier alpha value is -4.34. The van der Waals surface area contributed by atoms with Gasteiger partial charge in [-0.1, -0.05) is 23.6 Å². The number of nitrogens with zero attached hydrogens (tertiary/aromatic N) is 8. The first-order valence-electron chi connectivity index (χ1n) is 11.0. The van der Waals surface area contributed by atoms with Crippen molar-refractivity contribution in [2.45, 2.75) is 0 Å². The number of hydrogen-bond donors (Lipinski definition) is 0. The van der Waals surface area contributed by atoms with Crippen molar-refractivity contribution in [3.63, 3.8) is 0 Å². The van der Waals surface area contributed by atoms with Crippen LogP contribution in [-0.4, -0.2) is 24.4 Å². The smallest absolute Gasteiger partial charge is 0.241 e. The Labute approximate surface area is 232 Å². The van der Waals surface area contributed by atoms with Crippen molar-refractivity contribution in [2.24, 2.45) is 14.1 Å². The van der Waals surface area contributed by atoms with Crippen LogP contribution in [0.15, 0.2) is 91.8 Å². The summed E-state index contributed by atoms with van der Waals surface area (Å²) in [5.74, 6) is -0.555. The molecule has 0 N–H and O–H groups in total. The van der Waals surface area contributed by atoms with E-state index in [-0.39, 0.29) is 31.7 Å². The maximum atomic E-state index is 12.6. The number of benzene rings is 2. The fraction of sp³-hybridized carbons (Fsp3) is 0.0741. The van der Waals surface area contributed by atoms with Crippen LogP contribution < -0.4 is 14.2 Å². The second-order valence-corrected chi connectivity index (χ2v) is 7.58. The minimum atomic E-state index is -0.278. The van der Waals surface area contributed by atoms with E-state index in [0.717, 1.165) is 17.1 Å². The average molecular weight is 688 g/mol. The molecule has 4 aromatic heterocycles. The predicted octanol–water partition coefficient (Wildman–Crippen LogP) is 2.58. The van der Waals surface area contributed by atoms with E-state index in [1.165, 1.54) is 24.3 Å². The monoisotopic (exact) mass is 688 g/mol. The number of halogens is 2. The minimum Gasteiger partial charge on any atom is -0.358 e. The third-order valence-electron chi connectivity index (χ3n) is 4.76. The molecular weight excluding hydrogens is 667 g/mol. The molecule has 4 heterocycles. The first kappa shape index (κ1) is 28.2. The van der Waals surface area contributed by atoms with Crippen LogP contribution in [0.5, 0.6) is 0 Å². The van der Waals surface area contributed by atoms with Gasteiger partial charge in [-0.25, -0.2) is 0 Å². The van der Waals surface area contributed by atoms with E-state index < -0.39 is 0 Å². The van der Waals surface area contributed by atoms with Crippen LogP contribution in [0.3, 0.4) is 0 Å². The van der Waals surface area contributed by atoms with Gasteiger partial charge in [-0.15, -0.1) is 24.3 Å². The van der Waals surface area contributed by atoms with E-state index >= 15 is 0 Å². The SMILES string of the molecule is C[n+]1[c-]n(-c2[c-]cc(F)cc2)cc1.C[n+]1[c-]n(-c2[c-]cc(F)cc2)cc1.[Ir].c1ccc(-c2cnn[n-]2)nc1. The summed E-state index contributed by atoms with van der Waals surface area (Å²) < 4.78 is 32.2. The van der Waals surface area contributed by atoms with Crippen molar-refractivity contribution in [3.05, 3.63) is 128 Å². The van der Waals surface area contributed by atoms with Gasteiger partial charge < -0.3 is 28.5 Å². The van der Waals surface area contributed by atoms with Crippen LogP contribution in [0.25, 0.3) is 22.8 Å². The van der Waals surface area contributed by atoms with Crippen LogP contribution in [0, 0.1) is 36.4 Å². The molecule has 0 aliphatic carbocycles. The maximum absolute atomic E-state index is 12.6. The summed E-state index contributed by atoms with van der Waals surface area (Å²) in [6.45, 7) is 0. The first-order chi connectivity index (χ1) is 18.0. The third kappa shape index (κ3) is 8.09. The Morgan fingerprint density at radius 2 is 1.39 bits per heavy atom. The van der Waals surface area contributed by atoms with Gasteiger partial charge >= 0.3 is 0 Å². The van der Waals surface area contributed by atoms with Gasteiger partial charge in [0.05, 0.1) is 19.8 Å². The van der Waals surface area contributed by atoms with E-state index in [2.05, 4.69) is 45.2 Å². The summed E-state index contributed by atoms with van der Waals surface area (Å²) in [4.78, 5) is 4.08. The van der Waals surface area contributed by atoms with Crippen molar-refractivity contribution < 1.29 is 38.0 Å². The summed E-state index contributed by atoms with van der Waals surface area (Å²) in [5, 5.41) is 10.8. The Morgan fingerprint density at radius 1 is 0.816 bits per heavy atom. The molecule has 6 rings (SSSR count). The van der Waals surface area contributed by atoms with Gasteiger partial charge in [0.2, 0.25) is 12.7 Å². The zero-order valence-electron chi connectivity index (χ0n) is 20.3. The molecule has 0 unspecified atom stereocenters. The first-order valence-corrected chi connectivity index (χ1v) is 11.0. The van der Waals surface area contributed by atoms with E-state index in [4.69, 9.17) is 0 Å². The zero-order valence-corrected chi connectivity index (χ0v) is 22.7. The van der Waals surface area contributed by atoms with Gasteiger partial charge in [0, 0.05) is 62.7 Å². The van der Waals surface area contributed by atoms with E-state index in [9.17, 15) is 8.78 Å². The molecule has 11 heteroatoms. The minimum absolute atomic E-state index is 0. The fourth-order valence-corrected chi connectivity index (χ4v) is 2.98. The molecule has 0 spiro atoms. The Balaban J connectivity index is 0.000000156. The van der Waals surface area contributed by atoms with Crippen LogP contribution in [0.4, 0.5) is 8.78 Å². The number of hydrogen-bond acceptors (Lipinski definition) is 3. The molecule has 38 heavy (non-hydrogen) atoms. The summed E-state index contributed by atoms with van der Waals surface area (Å²) >= 11 is 0. The van der Waals surface area contributed by atoms with E-state index in [1.54, 1.807) is 42.8 Å². The van der Waals surface area contributed by atoms with E-state index in [0.29, 0.717) is 5.69 Å². The Kier molecular flexibility index (Phi) is 10.3. The van der Waals surface area contributed by atoms with Crippen LogP contribution in [0.2, 0.25) is 0 Å². The maximum Gasteiger partial charge on any atom is 0.241 e. The second kappa shape index (κ2) is 13.8. The molecule has 6 aromatic rings. The molecule has 0 bridgehead atoms. The molecular formula is C27H21F2IrN8-3. The number of imidazole rings is 2. The molecule has 8 nitrogen and oxygen atoms in total. The summed E-state index contributed by atoms with van der Waals surface area (Å²) in [7, 11) is 3.75. The summed E-state index contributed by atoms with van der Waals surface area (Å²) in [6, 6.07) is 20.0. The van der Waals surface area contributed by atoms with E-state index in [1.807, 2.05) is 57.1 Å². The topological polar surface area (TPSA) is 70.4 Å². The molecule has 1 radical (unpaired) electrons. The molecule has 0 aliphatic rings. The molecule has 2 aromatic carbocycles. The number of pyridine rings is 1. The van der Waals surface area contributed by atoms with Crippen molar-refractivity contribution >= 4 is 0 Å². The Morgan fingerprint density at radius 3 is 1.76 bits per heavy atom. The molecule has 195 valence electrons. The molecule has 0 saturated heterocycles. The normalized spacial score (nSPS) is 9.89. The van der Waals surface area contributed by atoms with Crippen molar-refractivity contribution in [1.82, 2.24) is 29.5 Å². The molecule has 0 aliphatic heterocycles. The van der Waals surface area contributed by atoms with Gasteiger partial charge in [0.1, 0.15) is 0 Å². The van der Waals surface area contributed by atoms with Crippen molar-refractivity contribution in [1.29, 1.82) is 0 Å². The van der Waals surface area contributed by atoms with Crippen molar-refractivity contribution in [3.8, 4) is 22.8 Å². The predicted molar refractivity (Wildman–Crippen MR) is 128 cm³/mol. The van der Waals surface area contributed by atoms with Gasteiger partial charge in [0.25, 0.3) is 0 Å². The third-order valence-corrected chi connectivity index (χ3v) is 4.76. The zero-order chi connectivity index (χ0) is 26.0. The van der Waals surface area contributed by atoms with Gasteiger partial charge in [-0.05, 0) is 17.8 Å². The Bertz CT molecular complexity index is 1420. The number of rotatable bonds is 3. The number of aromatic nitrogens is 8. The van der Waals surface area contributed by atoms with Gasteiger partial charge in [-0.3, -0.25) is 19.0 Å². The molecule has 0 amide bonds. The molecule has 0 fully saturated rings. The average Bonchev–Trinajstić information content (AvgIpc) is 3.69. The standard InChI is InChI=1S/2C10H8FN2.C7H5N4.Ir/c2*1-12-6-7-13(8-12)10-4-2-9(11)3-5-10;1-2-4-8-6(3-1)7-5-9-11-10-7;/h2*2-4,6-7H,1H3;1-5H;/q3*-1;. The second-order valence-electron chi connectivity index (χ2n) is 7.58. The molecule has 0 atom stereocenters. The van der Waals surface area contributed by atoms with Gasteiger partial charge in [0.15, 0.2) is 0 Å². The largest absolute Gasteiger partial charge is 0.358 e. The molecule has 0 saturated carbocycles. The van der Waals surface area contributed by atoms with Crippen LogP contribution >= 0.6 is 0 Å². The van der Waals surface area contributed by atoms with Crippen molar-refractivity contribution in [2.75, 3.05) is 0 Å². The van der Waals surface area contributed by atoms with Crippen LogP contribution in [0.1, 0.15) is 0 Å².